The van der Waals surface area contributed by atoms with Crippen LogP contribution < -0.4 is 9.80 Å². The van der Waals surface area contributed by atoms with Gasteiger partial charge in [-0.1, -0.05) is 55.5 Å². The molecule has 4 aromatic rings. The first-order valence-electron chi connectivity index (χ1n) is 10.4. The van der Waals surface area contributed by atoms with Crippen molar-refractivity contribution in [3.05, 3.63) is 96.3 Å². The summed E-state index contributed by atoms with van der Waals surface area (Å²) in [6, 6.07) is 25.7. The fourth-order valence-corrected chi connectivity index (χ4v) is 4.26. The van der Waals surface area contributed by atoms with Gasteiger partial charge < -0.3 is 9.80 Å². The lowest BCUT2D eigenvalue weighted by Crippen LogP contribution is -2.24. The molecule has 0 spiro atoms. The summed E-state index contributed by atoms with van der Waals surface area (Å²) in [5.74, 6) is 1.78. The number of rotatable bonds is 4. The van der Waals surface area contributed by atoms with Crippen molar-refractivity contribution in [1.29, 1.82) is 0 Å². The zero-order valence-electron chi connectivity index (χ0n) is 17.3. The Kier molecular flexibility index (Phi) is 4.68. The molecule has 5 rings (SSSR count). The highest BCUT2D eigenvalue weighted by Gasteiger charge is 2.30. The normalized spacial score (nSPS) is 12.9. The quantitative estimate of drug-likeness (QED) is 0.410. The number of aryl methyl sites for hydroxylation is 2. The number of para-hydroxylation sites is 1. The summed E-state index contributed by atoms with van der Waals surface area (Å²) in [7, 11) is 0. The minimum absolute atomic E-state index is 0.682. The first-order chi connectivity index (χ1) is 14.8. The van der Waals surface area contributed by atoms with Crippen LogP contribution in [0.3, 0.4) is 0 Å². The van der Waals surface area contributed by atoms with Crippen LogP contribution in [0.4, 0.5) is 23.0 Å². The molecule has 1 aromatic heterocycles. The van der Waals surface area contributed by atoms with Gasteiger partial charge in [0, 0.05) is 23.8 Å². The van der Waals surface area contributed by atoms with Crippen molar-refractivity contribution < 1.29 is 0 Å². The van der Waals surface area contributed by atoms with Crippen LogP contribution >= 0.6 is 0 Å². The lowest BCUT2D eigenvalue weighted by atomic mass is 9.93. The van der Waals surface area contributed by atoms with E-state index in [2.05, 4.69) is 100 Å². The van der Waals surface area contributed by atoms with Crippen molar-refractivity contribution in [1.82, 2.24) is 9.97 Å². The SMILES string of the molecule is CCc1cccc(C)c1-c1cccc(N2CN(c3ccccc3)c3nccnc32)c1. The summed E-state index contributed by atoms with van der Waals surface area (Å²) in [4.78, 5) is 13.8. The second-order valence-electron chi connectivity index (χ2n) is 7.55. The Morgan fingerprint density at radius 1 is 0.767 bits per heavy atom. The van der Waals surface area contributed by atoms with E-state index < -0.39 is 0 Å². The van der Waals surface area contributed by atoms with Crippen molar-refractivity contribution in [2.24, 2.45) is 0 Å². The minimum atomic E-state index is 0.682. The maximum absolute atomic E-state index is 4.67. The minimum Gasteiger partial charge on any atom is -0.305 e. The maximum Gasteiger partial charge on any atom is 0.178 e. The molecule has 0 amide bonds. The summed E-state index contributed by atoms with van der Waals surface area (Å²) in [5.41, 5.74) is 7.49. The fourth-order valence-electron chi connectivity index (χ4n) is 4.26. The van der Waals surface area contributed by atoms with Gasteiger partial charge in [0.2, 0.25) is 0 Å². The van der Waals surface area contributed by atoms with Crippen molar-refractivity contribution in [3.63, 3.8) is 0 Å². The molecule has 0 saturated carbocycles. The summed E-state index contributed by atoms with van der Waals surface area (Å²) in [5, 5.41) is 0. The summed E-state index contributed by atoms with van der Waals surface area (Å²) in [6.07, 6.45) is 4.54. The molecule has 30 heavy (non-hydrogen) atoms. The highest BCUT2D eigenvalue weighted by atomic mass is 15.4. The summed E-state index contributed by atoms with van der Waals surface area (Å²) >= 11 is 0. The number of benzene rings is 3. The smallest absolute Gasteiger partial charge is 0.178 e. The third-order valence-electron chi connectivity index (χ3n) is 5.71. The predicted molar refractivity (Wildman–Crippen MR) is 124 cm³/mol. The van der Waals surface area contributed by atoms with Crippen LogP contribution in [0.2, 0.25) is 0 Å². The molecule has 0 radical (unpaired) electrons. The van der Waals surface area contributed by atoms with Crippen molar-refractivity contribution >= 4 is 23.0 Å². The van der Waals surface area contributed by atoms with Gasteiger partial charge in [0.15, 0.2) is 11.6 Å². The molecule has 0 N–H and O–H groups in total. The lowest BCUT2D eigenvalue weighted by Gasteiger charge is -2.22. The topological polar surface area (TPSA) is 32.3 Å². The number of fused-ring (bicyclic) bond motifs is 1. The Hall–Kier alpha value is -3.66. The molecule has 3 aromatic carbocycles. The highest BCUT2D eigenvalue weighted by molar-refractivity contribution is 5.83. The molecular weight excluding hydrogens is 368 g/mol. The predicted octanol–water partition coefficient (Wildman–Crippen LogP) is 6.26. The maximum atomic E-state index is 4.67. The Morgan fingerprint density at radius 3 is 2.17 bits per heavy atom. The van der Waals surface area contributed by atoms with E-state index >= 15 is 0 Å². The van der Waals surface area contributed by atoms with E-state index in [1.165, 1.54) is 22.3 Å². The van der Waals surface area contributed by atoms with Crippen LogP contribution in [0.15, 0.2) is 85.2 Å². The first-order valence-corrected chi connectivity index (χ1v) is 10.4. The zero-order chi connectivity index (χ0) is 20.5. The molecule has 4 heteroatoms. The van der Waals surface area contributed by atoms with Crippen LogP contribution in [0.25, 0.3) is 11.1 Å². The van der Waals surface area contributed by atoms with E-state index in [0.29, 0.717) is 6.67 Å². The van der Waals surface area contributed by atoms with E-state index in [0.717, 1.165) is 29.4 Å². The molecule has 2 heterocycles. The molecule has 1 aliphatic heterocycles. The van der Waals surface area contributed by atoms with Gasteiger partial charge in [-0.05, 0) is 59.9 Å². The Balaban J connectivity index is 1.59. The lowest BCUT2D eigenvalue weighted by molar-refractivity contribution is 0.976. The van der Waals surface area contributed by atoms with Gasteiger partial charge in [0.05, 0.1) is 0 Å². The Bertz CT molecular complexity index is 1190. The van der Waals surface area contributed by atoms with Gasteiger partial charge in [0.25, 0.3) is 0 Å². The average Bonchev–Trinajstić information content (AvgIpc) is 3.19. The van der Waals surface area contributed by atoms with Crippen molar-refractivity contribution in [2.75, 3.05) is 16.5 Å². The van der Waals surface area contributed by atoms with Gasteiger partial charge in [0.1, 0.15) is 6.67 Å². The van der Waals surface area contributed by atoms with Gasteiger partial charge >= 0.3 is 0 Å². The van der Waals surface area contributed by atoms with Crippen LogP contribution in [0.1, 0.15) is 18.1 Å². The molecule has 4 nitrogen and oxygen atoms in total. The molecule has 148 valence electrons. The van der Waals surface area contributed by atoms with Gasteiger partial charge in [-0.2, -0.15) is 0 Å². The standard InChI is InChI=1S/C26H24N4/c1-3-20-10-7-9-19(2)24(20)21-11-8-14-23(17-21)30-18-29(22-12-5-4-6-13-22)25-26(30)28-16-15-27-25/h4-17H,3,18H2,1-2H3. The molecule has 0 saturated heterocycles. The van der Waals surface area contributed by atoms with Crippen molar-refractivity contribution in [2.45, 2.75) is 20.3 Å². The molecule has 0 atom stereocenters. The third-order valence-corrected chi connectivity index (χ3v) is 5.71. The van der Waals surface area contributed by atoms with E-state index in [1.54, 1.807) is 12.4 Å². The van der Waals surface area contributed by atoms with Crippen LogP contribution in [0.5, 0.6) is 0 Å². The molecule has 0 bridgehead atoms. The van der Waals surface area contributed by atoms with Crippen LogP contribution in [0, 0.1) is 6.92 Å². The summed E-state index contributed by atoms with van der Waals surface area (Å²) in [6.45, 7) is 5.09. The number of aromatic nitrogens is 2. The molecular formula is C26H24N4. The monoisotopic (exact) mass is 392 g/mol. The van der Waals surface area contributed by atoms with Gasteiger partial charge in [-0.3, -0.25) is 0 Å². The zero-order valence-corrected chi connectivity index (χ0v) is 17.3. The number of hydrogen-bond donors (Lipinski definition) is 0. The number of nitrogens with zero attached hydrogens (tertiary/aromatic N) is 4. The number of hydrogen-bond acceptors (Lipinski definition) is 4. The second-order valence-corrected chi connectivity index (χ2v) is 7.55. The van der Waals surface area contributed by atoms with E-state index in [1.807, 2.05) is 6.07 Å². The molecule has 0 fully saturated rings. The van der Waals surface area contributed by atoms with E-state index in [9.17, 15) is 0 Å². The van der Waals surface area contributed by atoms with Gasteiger partial charge in [-0.15, -0.1) is 0 Å². The Labute approximate surface area is 177 Å². The largest absolute Gasteiger partial charge is 0.305 e. The first kappa shape index (κ1) is 18.4. The Morgan fingerprint density at radius 2 is 1.43 bits per heavy atom. The van der Waals surface area contributed by atoms with Crippen molar-refractivity contribution in [3.8, 4) is 11.1 Å². The molecule has 0 aliphatic carbocycles. The van der Waals surface area contributed by atoms with Crippen LogP contribution in [-0.2, 0) is 6.42 Å². The number of anilines is 4. The second kappa shape index (κ2) is 7.64. The average molecular weight is 393 g/mol. The molecule has 1 aliphatic rings. The molecule has 0 unspecified atom stereocenters. The summed E-state index contributed by atoms with van der Waals surface area (Å²) < 4.78 is 0. The van der Waals surface area contributed by atoms with E-state index in [-0.39, 0.29) is 0 Å². The van der Waals surface area contributed by atoms with Gasteiger partial charge in [-0.25, -0.2) is 9.97 Å². The fraction of sp³-hybridized carbons (Fsp3) is 0.154. The third kappa shape index (κ3) is 3.11. The van der Waals surface area contributed by atoms with Crippen LogP contribution in [-0.4, -0.2) is 16.6 Å². The highest BCUT2D eigenvalue weighted by Crippen LogP contribution is 2.42. The van der Waals surface area contributed by atoms with E-state index in [4.69, 9.17) is 0 Å².